The Morgan fingerprint density at radius 1 is 1.04 bits per heavy atom. The van der Waals surface area contributed by atoms with Gasteiger partial charge in [-0.05, 0) is 55.3 Å². The van der Waals surface area contributed by atoms with Gasteiger partial charge in [-0.1, -0.05) is 24.3 Å². The van der Waals surface area contributed by atoms with Gasteiger partial charge in [-0.15, -0.1) is 0 Å². The second-order valence-electron chi connectivity index (χ2n) is 7.13. The molecule has 1 aliphatic carbocycles. The number of anilines is 1. The summed E-state index contributed by atoms with van der Waals surface area (Å²) in [5.74, 6) is -0.556. The van der Waals surface area contributed by atoms with E-state index in [1.165, 1.54) is 0 Å². The Morgan fingerprint density at radius 3 is 2.12 bits per heavy atom. The van der Waals surface area contributed by atoms with Crippen LogP contribution in [0.5, 0.6) is 0 Å². The van der Waals surface area contributed by atoms with E-state index in [9.17, 15) is 14.4 Å². The minimum atomic E-state index is -0.681. The molecular formula is C20H18BrNO4. The number of rotatable bonds is 1. The van der Waals surface area contributed by atoms with Gasteiger partial charge >= 0.3 is 6.09 Å². The Bertz CT molecular complexity index is 957. The van der Waals surface area contributed by atoms with Crippen LogP contribution >= 0.6 is 15.9 Å². The highest BCUT2D eigenvalue weighted by atomic mass is 79.9. The molecule has 5 nitrogen and oxygen atoms in total. The maximum absolute atomic E-state index is 13.1. The highest BCUT2D eigenvalue weighted by Crippen LogP contribution is 2.38. The maximum atomic E-state index is 13.1. The van der Waals surface area contributed by atoms with Gasteiger partial charge in [-0.3, -0.25) is 14.9 Å². The number of benzene rings is 2. The van der Waals surface area contributed by atoms with Crippen LogP contribution in [0, 0.1) is 6.92 Å². The smallest absolute Gasteiger partial charge is 0.412 e. The standard InChI is InChI=1S/C20H18BrNO4/c1-10-9-13(21)14-15(16(10)22-19(25)26-20(2,3)4)18(24)12-8-6-5-7-11(12)17(14)23/h5-9H,1-4H3,(H,22,25). The monoisotopic (exact) mass is 415 g/mol. The lowest BCUT2D eigenvalue weighted by Gasteiger charge is -2.24. The summed E-state index contributed by atoms with van der Waals surface area (Å²) in [5.41, 5.74) is 1.40. The van der Waals surface area contributed by atoms with Crippen molar-refractivity contribution in [1.82, 2.24) is 0 Å². The number of ether oxygens (including phenoxy) is 1. The van der Waals surface area contributed by atoms with Crippen LogP contribution in [0.25, 0.3) is 0 Å². The average molecular weight is 416 g/mol. The lowest BCUT2D eigenvalue weighted by atomic mass is 9.82. The summed E-state index contributed by atoms with van der Waals surface area (Å²) >= 11 is 3.38. The van der Waals surface area contributed by atoms with Gasteiger partial charge in [0.15, 0.2) is 11.6 Å². The van der Waals surface area contributed by atoms with Gasteiger partial charge < -0.3 is 4.74 Å². The van der Waals surface area contributed by atoms with Crippen LogP contribution in [0.3, 0.4) is 0 Å². The molecule has 0 radical (unpaired) electrons. The van der Waals surface area contributed by atoms with Gasteiger partial charge in [-0.2, -0.15) is 0 Å². The summed E-state index contributed by atoms with van der Waals surface area (Å²) in [6.45, 7) is 7.01. The van der Waals surface area contributed by atoms with Gasteiger partial charge in [0.2, 0.25) is 0 Å². The van der Waals surface area contributed by atoms with Crippen molar-refractivity contribution in [2.24, 2.45) is 0 Å². The highest BCUT2D eigenvalue weighted by Gasteiger charge is 2.35. The second-order valence-corrected chi connectivity index (χ2v) is 7.99. The zero-order valence-electron chi connectivity index (χ0n) is 14.9. The quantitative estimate of drug-likeness (QED) is 0.614. The molecule has 6 heteroatoms. The van der Waals surface area contributed by atoms with Crippen molar-refractivity contribution >= 4 is 39.3 Å². The molecule has 0 heterocycles. The zero-order chi connectivity index (χ0) is 19.2. The van der Waals surface area contributed by atoms with Crippen molar-refractivity contribution < 1.29 is 19.1 Å². The van der Waals surface area contributed by atoms with E-state index >= 15 is 0 Å². The van der Waals surface area contributed by atoms with Crippen molar-refractivity contribution in [3.8, 4) is 0 Å². The Labute approximate surface area is 159 Å². The van der Waals surface area contributed by atoms with Crippen molar-refractivity contribution in [3.63, 3.8) is 0 Å². The first kappa shape index (κ1) is 18.3. The summed E-state index contributed by atoms with van der Waals surface area (Å²) in [7, 11) is 0. The molecule has 2 aromatic carbocycles. The fraction of sp³-hybridized carbons (Fsp3) is 0.250. The van der Waals surface area contributed by atoms with E-state index in [-0.39, 0.29) is 22.7 Å². The number of hydrogen-bond donors (Lipinski definition) is 1. The van der Waals surface area contributed by atoms with E-state index in [2.05, 4.69) is 21.2 Å². The number of nitrogens with one attached hydrogen (secondary N) is 1. The third-order valence-electron chi connectivity index (χ3n) is 3.97. The molecule has 134 valence electrons. The minimum absolute atomic E-state index is 0.187. The van der Waals surface area contributed by atoms with Gasteiger partial charge in [-0.25, -0.2) is 4.79 Å². The molecule has 2 aromatic rings. The molecule has 0 spiro atoms. The second kappa shape index (κ2) is 6.36. The van der Waals surface area contributed by atoms with Gasteiger partial charge in [0.25, 0.3) is 0 Å². The Kier molecular flexibility index (Phi) is 4.48. The SMILES string of the molecule is Cc1cc(Br)c2c(c1NC(=O)OC(C)(C)C)C(=O)c1ccccc1C2=O. The highest BCUT2D eigenvalue weighted by molar-refractivity contribution is 9.10. The first-order valence-electron chi connectivity index (χ1n) is 8.11. The zero-order valence-corrected chi connectivity index (χ0v) is 16.5. The summed E-state index contributed by atoms with van der Waals surface area (Å²) in [5, 5.41) is 2.65. The molecule has 0 fully saturated rings. The average Bonchev–Trinajstić information content (AvgIpc) is 2.53. The van der Waals surface area contributed by atoms with Gasteiger partial charge in [0.1, 0.15) is 5.60 Å². The number of amides is 1. The molecule has 0 atom stereocenters. The van der Waals surface area contributed by atoms with Crippen molar-refractivity contribution in [2.75, 3.05) is 5.32 Å². The molecule has 26 heavy (non-hydrogen) atoms. The van der Waals surface area contributed by atoms with E-state index in [1.807, 2.05) is 0 Å². The fourth-order valence-electron chi connectivity index (χ4n) is 2.94. The molecule has 0 saturated heterocycles. The van der Waals surface area contributed by atoms with E-state index in [0.717, 1.165) is 0 Å². The molecule has 1 N–H and O–H groups in total. The molecule has 1 aliphatic rings. The molecule has 0 saturated carbocycles. The fourth-order valence-corrected chi connectivity index (χ4v) is 3.66. The van der Waals surface area contributed by atoms with E-state index in [1.54, 1.807) is 58.0 Å². The lowest BCUT2D eigenvalue weighted by molar-refractivity contribution is 0.0635. The van der Waals surface area contributed by atoms with Gasteiger partial charge in [0.05, 0.1) is 16.8 Å². The normalized spacial score (nSPS) is 13.1. The number of aryl methyl sites for hydroxylation is 1. The molecule has 0 unspecified atom stereocenters. The summed E-state index contributed by atoms with van der Waals surface area (Å²) in [6, 6.07) is 8.39. The van der Waals surface area contributed by atoms with Crippen LogP contribution in [-0.4, -0.2) is 23.3 Å². The van der Waals surface area contributed by atoms with E-state index in [0.29, 0.717) is 26.9 Å². The first-order chi connectivity index (χ1) is 12.1. The summed E-state index contributed by atoms with van der Waals surface area (Å²) in [4.78, 5) is 38.3. The van der Waals surface area contributed by atoms with Crippen molar-refractivity contribution in [3.05, 3.63) is 62.6 Å². The van der Waals surface area contributed by atoms with Crippen molar-refractivity contribution in [1.29, 1.82) is 0 Å². The van der Waals surface area contributed by atoms with Crippen LogP contribution in [0.2, 0.25) is 0 Å². The Balaban J connectivity index is 2.16. The molecule has 0 aliphatic heterocycles. The molecule has 1 amide bonds. The van der Waals surface area contributed by atoms with E-state index < -0.39 is 11.7 Å². The third-order valence-corrected chi connectivity index (χ3v) is 4.60. The van der Waals surface area contributed by atoms with E-state index in [4.69, 9.17) is 4.74 Å². The van der Waals surface area contributed by atoms with Crippen LogP contribution in [0.4, 0.5) is 10.5 Å². The predicted molar refractivity (Wildman–Crippen MR) is 102 cm³/mol. The number of carbonyl (C=O) groups is 3. The number of hydrogen-bond acceptors (Lipinski definition) is 4. The first-order valence-corrected chi connectivity index (χ1v) is 8.91. The largest absolute Gasteiger partial charge is 0.444 e. The topological polar surface area (TPSA) is 72.5 Å². The van der Waals surface area contributed by atoms with Crippen molar-refractivity contribution in [2.45, 2.75) is 33.3 Å². The number of halogens is 1. The number of ketones is 2. The molecular weight excluding hydrogens is 398 g/mol. The summed E-state index contributed by atoms with van der Waals surface area (Å²) in [6.07, 6.45) is -0.677. The molecule has 0 aromatic heterocycles. The predicted octanol–water partition coefficient (Wildman–Crippen LogP) is 4.88. The van der Waals surface area contributed by atoms with Crippen LogP contribution < -0.4 is 5.32 Å². The van der Waals surface area contributed by atoms with Gasteiger partial charge in [0, 0.05) is 15.6 Å². The van der Waals surface area contributed by atoms with Crippen LogP contribution in [0.1, 0.15) is 58.2 Å². The molecule has 0 bridgehead atoms. The van der Waals surface area contributed by atoms with Crippen LogP contribution in [0.15, 0.2) is 34.8 Å². The summed E-state index contributed by atoms with van der Waals surface area (Å²) < 4.78 is 5.81. The number of carbonyl (C=O) groups excluding carboxylic acids is 3. The Morgan fingerprint density at radius 2 is 1.58 bits per heavy atom. The lowest BCUT2D eigenvalue weighted by Crippen LogP contribution is -2.29. The Hall–Kier alpha value is -2.47. The minimum Gasteiger partial charge on any atom is -0.444 e. The third kappa shape index (κ3) is 3.17. The van der Waals surface area contributed by atoms with Crippen LogP contribution in [-0.2, 0) is 4.74 Å². The maximum Gasteiger partial charge on any atom is 0.412 e. The number of fused-ring (bicyclic) bond motifs is 2. The molecule has 3 rings (SSSR count).